The molecular formula is C12H13NO4. The van der Waals surface area contributed by atoms with Crippen molar-refractivity contribution in [2.24, 2.45) is 0 Å². The number of benzene rings is 1. The van der Waals surface area contributed by atoms with Crippen molar-refractivity contribution in [3.8, 4) is 0 Å². The Kier molecular flexibility index (Phi) is 4.39. The Labute approximate surface area is 99.0 Å². The van der Waals surface area contributed by atoms with Gasteiger partial charge in [-0.15, -0.1) is 0 Å². The third-order valence-electron chi connectivity index (χ3n) is 2.02. The average molecular weight is 235 g/mol. The maximum atomic E-state index is 11.5. The molecule has 17 heavy (non-hydrogen) atoms. The maximum Gasteiger partial charge on any atom is 0.423 e. The van der Waals surface area contributed by atoms with Crippen molar-refractivity contribution in [3.05, 3.63) is 35.9 Å². The molecule has 1 aromatic carbocycles. The molecule has 0 fully saturated rings. The van der Waals surface area contributed by atoms with Crippen LogP contribution < -0.4 is 0 Å². The number of ether oxygens (including phenoxy) is 1. The number of carbonyl (C=O) groups is 3. The van der Waals surface area contributed by atoms with Gasteiger partial charge in [-0.2, -0.15) is 4.90 Å². The molecule has 90 valence electrons. The van der Waals surface area contributed by atoms with E-state index in [1.807, 2.05) is 6.07 Å². The molecule has 0 N–H and O–H groups in total. The second kappa shape index (κ2) is 5.79. The van der Waals surface area contributed by atoms with Crippen LogP contribution in [0.15, 0.2) is 30.3 Å². The molecule has 3 amide bonds. The Hall–Kier alpha value is -2.17. The van der Waals surface area contributed by atoms with Gasteiger partial charge in [-0.25, -0.2) is 4.79 Å². The molecule has 0 unspecified atom stereocenters. The number of hydrogen-bond donors (Lipinski definition) is 0. The van der Waals surface area contributed by atoms with Crippen molar-refractivity contribution in [3.63, 3.8) is 0 Å². The molecule has 0 aliphatic rings. The fraction of sp³-hybridized carbons (Fsp3) is 0.250. The molecule has 0 heterocycles. The monoisotopic (exact) mass is 235 g/mol. The highest BCUT2D eigenvalue weighted by Gasteiger charge is 2.23. The van der Waals surface area contributed by atoms with E-state index >= 15 is 0 Å². The highest BCUT2D eigenvalue weighted by molar-refractivity contribution is 6.07. The summed E-state index contributed by atoms with van der Waals surface area (Å²) in [5.74, 6) is -1.31. The van der Waals surface area contributed by atoms with E-state index in [0.717, 1.165) is 19.4 Å². The Bertz CT molecular complexity index is 413. The third kappa shape index (κ3) is 3.71. The van der Waals surface area contributed by atoms with Crippen molar-refractivity contribution >= 4 is 17.9 Å². The average Bonchev–Trinajstić information content (AvgIpc) is 2.27. The lowest BCUT2D eigenvalue weighted by Crippen LogP contribution is -2.39. The van der Waals surface area contributed by atoms with E-state index in [1.165, 1.54) is 0 Å². The minimum absolute atomic E-state index is 0.0245. The van der Waals surface area contributed by atoms with Crippen LogP contribution in [0, 0.1) is 0 Å². The summed E-state index contributed by atoms with van der Waals surface area (Å²) in [6.07, 6.45) is -0.950. The van der Waals surface area contributed by atoms with Crippen LogP contribution in [-0.2, 0) is 20.9 Å². The quantitative estimate of drug-likeness (QED) is 0.782. The van der Waals surface area contributed by atoms with Crippen LogP contribution in [0.25, 0.3) is 0 Å². The van der Waals surface area contributed by atoms with Crippen LogP contribution in [0.1, 0.15) is 19.4 Å². The SMILES string of the molecule is CC(=O)N(C(C)=O)C(=O)OCc1ccccc1. The third-order valence-corrected chi connectivity index (χ3v) is 2.02. The smallest absolute Gasteiger partial charge is 0.423 e. The molecule has 0 bridgehead atoms. The van der Waals surface area contributed by atoms with E-state index in [9.17, 15) is 14.4 Å². The fourth-order valence-electron chi connectivity index (χ4n) is 1.26. The zero-order valence-electron chi connectivity index (χ0n) is 9.67. The van der Waals surface area contributed by atoms with Gasteiger partial charge in [0.15, 0.2) is 0 Å². The zero-order chi connectivity index (χ0) is 12.8. The summed E-state index contributed by atoms with van der Waals surface area (Å²) in [7, 11) is 0. The topological polar surface area (TPSA) is 63.7 Å². The first-order chi connectivity index (χ1) is 8.02. The lowest BCUT2D eigenvalue weighted by molar-refractivity contribution is -0.139. The van der Waals surface area contributed by atoms with E-state index in [2.05, 4.69) is 0 Å². The Morgan fingerprint density at radius 2 is 1.59 bits per heavy atom. The fourth-order valence-corrected chi connectivity index (χ4v) is 1.26. The Morgan fingerprint density at radius 1 is 1.06 bits per heavy atom. The van der Waals surface area contributed by atoms with Crippen molar-refractivity contribution in [2.75, 3.05) is 0 Å². The minimum atomic E-state index is -0.950. The molecule has 0 spiro atoms. The predicted octanol–water partition coefficient (Wildman–Crippen LogP) is 1.72. The largest absolute Gasteiger partial charge is 0.444 e. The first kappa shape index (κ1) is 12.9. The van der Waals surface area contributed by atoms with Gasteiger partial charge in [0.1, 0.15) is 6.61 Å². The normalized spacial score (nSPS) is 9.53. The number of imide groups is 3. The standard InChI is InChI=1S/C12H13NO4/c1-9(14)13(10(2)15)12(16)17-8-11-6-4-3-5-7-11/h3-7H,8H2,1-2H3. The van der Waals surface area contributed by atoms with Gasteiger partial charge in [-0.1, -0.05) is 30.3 Å². The maximum absolute atomic E-state index is 11.5. The van der Waals surface area contributed by atoms with Gasteiger partial charge in [0, 0.05) is 13.8 Å². The summed E-state index contributed by atoms with van der Waals surface area (Å²) in [5, 5.41) is 0. The zero-order valence-corrected chi connectivity index (χ0v) is 9.67. The predicted molar refractivity (Wildman–Crippen MR) is 59.8 cm³/mol. The van der Waals surface area contributed by atoms with Crippen LogP contribution in [-0.4, -0.2) is 22.8 Å². The number of amides is 3. The van der Waals surface area contributed by atoms with Crippen LogP contribution in [0.4, 0.5) is 4.79 Å². The second-order valence-corrected chi connectivity index (χ2v) is 3.41. The van der Waals surface area contributed by atoms with Crippen LogP contribution in [0.2, 0.25) is 0 Å². The summed E-state index contributed by atoms with van der Waals surface area (Å²) in [5.41, 5.74) is 0.785. The van der Waals surface area contributed by atoms with E-state index in [1.54, 1.807) is 24.3 Å². The lowest BCUT2D eigenvalue weighted by atomic mass is 10.2. The summed E-state index contributed by atoms with van der Waals surface area (Å²) >= 11 is 0. The van der Waals surface area contributed by atoms with Gasteiger partial charge < -0.3 is 4.74 Å². The number of carbonyl (C=O) groups excluding carboxylic acids is 3. The summed E-state index contributed by atoms with van der Waals surface area (Å²) in [4.78, 5) is 34.0. The van der Waals surface area contributed by atoms with Crippen LogP contribution in [0.3, 0.4) is 0 Å². The Morgan fingerprint density at radius 3 is 2.06 bits per heavy atom. The molecule has 0 aliphatic carbocycles. The summed E-state index contributed by atoms with van der Waals surface area (Å²) < 4.78 is 4.86. The number of nitrogens with zero attached hydrogens (tertiary/aromatic N) is 1. The first-order valence-corrected chi connectivity index (χ1v) is 5.04. The molecule has 0 saturated heterocycles. The molecule has 5 nitrogen and oxygen atoms in total. The summed E-state index contributed by atoms with van der Waals surface area (Å²) in [6.45, 7) is 2.28. The highest BCUT2D eigenvalue weighted by Crippen LogP contribution is 2.03. The van der Waals surface area contributed by atoms with Crippen molar-refractivity contribution in [2.45, 2.75) is 20.5 Å². The number of rotatable bonds is 2. The molecule has 0 aromatic heterocycles. The van der Waals surface area contributed by atoms with Crippen LogP contribution in [0.5, 0.6) is 0 Å². The van der Waals surface area contributed by atoms with Gasteiger partial charge in [0.2, 0.25) is 11.8 Å². The van der Waals surface area contributed by atoms with Gasteiger partial charge in [-0.05, 0) is 5.56 Å². The minimum Gasteiger partial charge on any atom is -0.444 e. The van der Waals surface area contributed by atoms with E-state index in [-0.39, 0.29) is 6.61 Å². The molecule has 0 aliphatic heterocycles. The van der Waals surface area contributed by atoms with E-state index < -0.39 is 17.9 Å². The molecule has 1 rings (SSSR count). The van der Waals surface area contributed by atoms with Gasteiger partial charge in [0.25, 0.3) is 0 Å². The van der Waals surface area contributed by atoms with Crippen LogP contribution >= 0.6 is 0 Å². The van der Waals surface area contributed by atoms with E-state index in [4.69, 9.17) is 4.74 Å². The molecular weight excluding hydrogens is 222 g/mol. The van der Waals surface area contributed by atoms with Gasteiger partial charge in [-0.3, -0.25) is 9.59 Å². The number of hydrogen-bond acceptors (Lipinski definition) is 4. The van der Waals surface area contributed by atoms with Crippen molar-refractivity contribution < 1.29 is 19.1 Å². The van der Waals surface area contributed by atoms with E-state index in [0.29, 0.717) is 4.90 Å². The molecule has 5 heteroatoms. The van der Waals surface area contributed by atoms with Gasteiger partial charge in [0.05, 0.1) is 0 Å². The molecule has 0 atom stereocenters. The Balaban J connectivity index is 2.60. The molecule has 1 aromatic rings. The van der Waals surface area contributed by atoms with Crippen molar-refractivity contribution in [1.29, 1.82) is 0 Å². The van der Waals surface area contributed by atoms with Gasteiger partial charge >= 0.3 is 6.09 Å². The first-order valence-electron chi connectivity index (χ1n) is 5.04. The van der Waals surface area contributed by atoms with Crippen molar-refractivity contribution in [1.82, 2.24) is 4.90 Å². The molecule has 0 saturated carbocycles. The second-order valence-electron chi connectivity index (χ2n) is 3.41. The summed E-state index contributed by atoms with van der Waals surface area (Å²) in [6, 6.07) is 8.99. The molecule has 0 radical (unpaired) electrons. The lowest BCUT2D eigenvalue weighted by Gasteiger charge is -2.14. The highest BCUT2D eigenvalue weighted by atomic mass is 16.6.